The van der Waals surface area contributed by atoms with Crippen molar-refractivity contribution in [2.24, 2.45) is 0 Å². The van der Waals surface area contributed by atoms with Crippen LogP contribution in [0.1, 0.15) is 5.56 Å². The van der Waals surface area contributed by atoms with E-state index in [1.165, 1.54) is 37.5 Å². The van der Waals surface area contributed by atoms with Crippen molar-refractivity contribution in [2.45, 2.75) is 0 Å². The second kappa shape index (κ2) is 9.02. The Hall–Kier alpha value is -3.29. The number of imide groups is 2. The zero-order chi connectivity index (χ0) is 21.8. The first-order chi connectivity index (χ1) is 14.3. The van der Waals surface area contributed by atoms with Crippen LogP contribution >= 0.6 is 23.2 Å². The third-order valence-corrected chi connectivity index (χ3v) is 4.67. The average Bonchev–Trinajstić information content (AvgIpc) is 2.71. The van der Waals surface area contributed by atoms with Crippen LogP contribution in [0.5, 0.6) is 11.5 Å². The molecule has 1 N–H and O–H groups in total. The number of nitrogens with zero attached hydrogens (tertiary/aromatic N) is 1. The minimum Gasteiger partial charge on any atom is -0.497 e. The van der Waals surface area contributed by atoms with Gasteiger partial charge in [-0.2, -0.15) is 0 Å². The normalized spacial score (nSPS) is 15.2. The zero-order valence-corrected chi connectivity index (χ0v) is 17.3. The van der Waals surface area contributed by atoms with E-state index in [4.69, 9.17) is 32.7 Å². The predicted octanol–water partition coefficient (Wildman–Crippen LogP) is 4.23. The van der Waals surface area contributed by atoms with Crippen molar-refractivity contribution in [1.29, 1.82) is 0 Å². The van der Waals surface area contributed by atoms with Crippen molar-refractivity contribution in [3.63, 3.8) is 0 Å². The molecule has 1 aliphatic heterocycles. The van der Waals surface area contributed by atoms with Gasteiger partial charge in [0.1, 0.15) is 17.9 Å². The van der Waals surface area contributed by atoms with E-state index in [0.29, 0.717) is 11.3 Å². The molecular formula is C21H16Cl2N2O5. The van der Waals surface area contributed by atoms with Crippen LogP contribution < -0.4 is 19.7 Å². The van der Waals surface area contributed by atoms with Gasteiger partial charge in [0.25, 0.3) is 11.8 Å². The Kier molecular flexibility index (Phi) is 6.44. The topological polar surface area (TPSA) is 84.9 Å². The fourth-order valence-corrected chi connectivity index (χ4v) is 3.35. The largest absolute Gasteiger partial charge is 0.497 e. The average molecular weight is 447 g/mol. The molecule has 1 saturated heterocycles. The highest BCUT2D eigenvalue weighted by Crippen LogP contribution is 2.35. The molecule has 0 saturated carbocycles. The van der Waals surface area contributed by atoms with Gasteiger partial charge in [0.05, 0.1) is 22.8 Å². The van der Waals surface area contributed by atoms with Crippen LogP contribution in [0.4, 0.5) is 10.5 Å². The molecule has 7 nitrogen and oxygen atoms in total. The fourth-order valence-electron chi connectivity index (χ4n) is 2.73. The smallest absolute Gasteiger partial charge is 0.335 e. The molecule has 0 bridgehead atoms. The molecule has 0 unspecified atom stereocenters. The summed E-state index contributed by atoms with van der Waals surface area (Å²) in [7, 11) is 1.50. The van der Waals surface area contributed by atoms with Gasteiger partial charge in [0.15, 0.2) is 5.75 Å². The molecule has 0 aliphatic carbocycles. The summed E-state index contributed by atoms with van der Waals surface area (Å²) in [6.07, 6.45) is 2.84. The number of ether oxygens (including phenoxy) is 2. The van der Waals surface area contributed by atoms with E-state index in [0.717, 1.165) is 4.90 Å². The summed E-state index contributed by atoms with van der Waals surface area (Å²) in [6, 6.07) is 8.39. The lowest BCUT2D eigenvalue weighted by Gasteiger charge is -2.26. The van der Waals surface area contributed by atoms with Crippen LogP contribution in [0.15, 0.2) is 54.6 Å². The Morgan fingerprint density at radius 1 is 1.10 bits per heavy atom. The number of benzene rings is 2. The second-order valence-electron chi connectivity index (χ2n) is 6.07. The molecule has 2 aromatic rings. The van der Waals surface area contributed by atoms with Crippen molar-refractivity contribution in [1.82, 2.24) is 5.32 Å². The number of anilines is 1. The van der Waals surface area contributed by atoms with Gasteiger partial charge < -0.3 is 9.47 Å². The number of urea groups is 1. The van der Waals surface area contributed by atoms with Crippen LogP contribution in [-0.4, -0.2) is 31.6 Å². The molecule has 0 spiro atoms. The highest BCUT2D eigenvalue weighted by atomic mass is 35.5. The zero-order valence-electron chi connectivity index (χ0n) is 15.8. The molecule has 4 amide bonds. The fraction of sp³-hybridized carbons (Fsp3) is 0.0952. The monoisotopic (exact) mass is 446 g/mol. The van der Waals surface area contributed by atoms with E-state index in [-0.39, 0.29) is 33.7 Å². The first-order valence-electron chi connectivity index (χ1n) is 8.64. The Morgan fingerprint density at radius 2 is 1.73 bits per heavy atom. The van der Waals surface area contributed by atoms with Gasteiger partial charge in [-0.1, -0.05) is 35.9 Å². The number of hydrogen-bond donors (Lipinski definition) is 1. The highest BCUT2D eigenvalue weighted by Gasteiger charge is 2.36. The van der Waals surface area contributed by atoms with Gasteiger partial charge in [-0.25, -0.2) is 9.69 Å². The lowest BCUT2D eigenvalue weighted by molar-refractivity contribution is -0.122. The van der Waals surface area contributed by atoms with Crippen LogP contribution in [-0.2, 0) is 9.59 Å². The molecule has 154 valence electrons. The number of hydrogen-bond acceptors (Lipinski definition) is 5. The maximum Gasteiger partial charge on any atom is 0.335 e. The number of barbiturate groups is 1. The summed E-state index contributed by atoms with van der Waals surface area (Å²) in [5, 5.41) is 2.55. The van der Waals surface area contributed by atoms with Crippen molar-refractivity contribution >= 4 is 52.8 Å². The standard InChI is InChI=1S/C21H16Cl2N2O5/c1-3-8-30-18-16(22)10-12(11-17(18)23)9-15-19(26)24-21(28)25(20(15)27)13-4-6-14(29-2)7-5-13/h3-7,9-11H,1,8H2,2H3,(H,24,26,28)/b15-9+. The van der Waals surface area contributed by atoms with E-state index >= 15 is 0 Å². The SMILES string of the molecule is C=CCOc1c(Cl)cc(/C=C2\C(=O)NC(=O)N(c3ccc(OC)cc3)C2=O)cc1Cl. The van der Waals surface area contributed by atoms with Crippen molar-refractivity contribution in [3.05, 3.63) is 70.2 Å². The van der Waals surface area contributed by atoms with Gasteiger partial charge in [-0.3, -0.25) is 14.9 Å². The third-order valence-electron chi connectivity index (χ3n) is 4.11. The number of carbonyl (C=O) groups is 3. The third kappa shape index (κ3) is 4.32. The van der Waals surface area contributed by atoms with E-state index in [1.807, 2.05) is 0 Å². The predicted molar refractivity (Wildman–Crippen MR) is 114 cm³/mol. The summed E-state index contributed by atoms with van der Waals surface area (Å²) in [4.78, 5) is 38.4. The number of amides is 4. The number of methoxy groups -OCH3 is 1. The summed E-state index contributed by atoms with van der Waals surface area (Å²) in [5.41, 5.74) is 0.414. The van der Waals surface area contributed by atoms with Gasteiger partial charge in [-0.15, -0.1) is 0 Å². The summed E-state index contributed by atoms with van der Waals surface area (Å²) in [6.45, 7) is 3.76. The highest BCUT2D eigenvalue weighted by molar-refractivity contribution is 6.40. The number of carbonyl (C=O) groups excluding carboxylic acids is 3. The lowest BCUT2D eigenvalue weighted by atomic mass is 10.1. The minimum absolute atomic E-state index is 0.197. The van der Waals surface area contributed by atoms with Crippen LogP contribution in [0.2, 0.25) is 10.0 Å². The molecule has 30 heavy (non-hydrogen) atoms. The Bertz CT molecular complexity index is 1040. The molecule has 0 atom stereocenters. The molecule has 0 aromatic heterocycles. The molecule has 1 aliphatic rings. The first kappa shape index (κ1) is 21.4. The Morgan fingerprint density at radius 3 is 2.30 bits per heavy atom. The summed E-state index contributed by atoms with van der Waals surface area (Å²) in [5.74, 6) is -0.796. The van der Waals surface area contributed by atoms with Crippen LogP contribution in [0, 0.1) is 0 Å². The molecule has 1 fully saturated rings. The van der Waals surface area contributed by atoms with Crippen molar-refractivity contribution in [3.8, 4) is 11.5 Å². The van der Waals surface area contributed by atoms with E-state index in [2.05, 4.69) is 11.9 Å². The molecular weight excluding hydrogens is 431 g/mol. The minimum atomic E-state index is -0.850. The number of nitrogens with one attached hydrogen (secondary N) is 1. The lowest BCUT2D eigenvalue weighted by Crippen LogP contribution is -2.54. The summed E-state index contributed by atoms with van der Waals surface area (Å²) < 4.78 is 10.5. The Labute approximate surface area is 182 Å². The maximum absolute atomic E-state index is 12.9. The van der Waals surface area contributed by atoms with Crippen molar-refractivity contribution < 1.29 is 23.9 Å². The van der Waals surface area contributed by atoms with E-state index in [9.17, 15) is 14.4 Å². The molecule has 2 aromatic carbocycles. The van der Waals surface area contributed by atoms with Gasteiger partial charge >= 0.3 is 6.03 Å². The second-order valence-corrected chi connectivity index (χ2v) is 6.88. The molecule has 3 rings (SSSR count). The van der Waals surface area contributed by atoms with Crippen LogP contribution in [0.25, 0.3) is 6.08 Å². The number of rotatable bonds is 6. The van der Waals surface area contributed by atoms with Gasteiger partial charge in [-0.05, 0) is 48.0 Å². The van der Waals surface area contributed by atoms with E-state index in [1.54, 1.807) is 18.2 Å². The van der Waals surface area contributed by atoms with Gasteiger partial charge in [0, 0.05) is 0 Å². The van der Waals surface area contributed by atoms with Gasteiger partial charge in [0.2, 0.25) is 0 Å². The van der Waals surface area contributed by atoms with E-state index < -0.39 is 17.8 Å². The molecule has 9 heteroatoms. The van der Waals surface area contributed by atoms with Crippen LogP contribution in [0.3, 0.4) is 0 Å². The molecule has 0 radical (unpaired) electrons. The maximum atomic E-state index is 12.9. The quantitative estimate of drug-likeness (QED) is 0.407. The molecule has 1 heterocycles. The Balaban J connectivity index is 1.97. The summed E-state index contributed by atoms with van der Waals surface area (Å²) >= 11 is 12.4. The van der Waals surface area contributed by atoms with Crippen molar-refractivity contribution in [2.75, 3.05) is 18.6 Å². The number of halogens is 2. The first-order valence-corrected chi connectivity index (χ1v) is 9.39.